The Balaban J connectivity index is 2.75. The molecule has 0 bridgehead atoms. The van der Waals surface area contributed by atoms with Gasteiger partial charge in [0, 0.05) is 18.1 Å². The summed E-state index contributed by atoms with van der Waals surface area (Å²) in [5, 5.41) is 0.703. The molecular weight excluding hydrogens is 184 g/mol. The number of halogens is 1. The van der Waals surface area contributed by atoms with Gasteiger partial charge in [0.05, 0.1) is 5.02 Å². The van der Waals surface area contributed by atoms with Crippen LogP contribution in [0.5, 0.6) is 0 Å². The fourth-order valence-electron chi connectivity index (χ4n) is 1.42. The second kappa shape index (κ2) is 3.04. The van der Waals surface area contributed by atoms with E-state index < -0.39 is 0 Å². The molecule has 0 unspecified atom stereocenters. The fourth-order valence-corrected chi connectivity index (χ4v) is 1.64. The van der Waals surface area contributed by atoms with E-state index in [0.29, 0.717) is 10.9 Å². The molecule has 0 aliphatic heterocycles. The Morgan fingerprint density at radius 3 is 2.92 bits per heavy atom. The normalized spacial score (nSPS) is 11.4. The molecule has 0 saturated heterocycles. The van der Waals surface area contributed by atoms with Crippen molar-refractivity contribution in [2.24, 2.45) is 0 Å². The van der Waals surface area contributed by atoms with Gasteiger partial charge < -0.3 is 4.40 Å². The van der Waals surface area contributed by atoms with Crippen molar-refractivity contribution in [3.05, 3.63) is 35.2 Å². The highest BCUT2D eigenvalue weighted by Gasteiger charge is 2.07. The number of nitrogens with zero attached hydrogens (tertiary/aromatic N) is 2. The SMILES string of the molecule is CC(C)c1cnc2c(Cl)cccn12. The van der Waals surface area contributed by atoms with Gasteiger partial charge in [-0.05, 0) is 18.1 Å². The minimum atomic E-state index is 0.466. The number of aromatic nitrogens is 2. The summed E-state index contributed by atoms with van der Waals surface area (Å²) >= 11 is 5.99. The Labute approximate surface area is 82.2 Å². The summed E-state index contributed by atoms with van der Waals surface area (Å²) < 4.78 is 2.03. The monoisotopic (exact) mass is 194 g/mol. The van der Waals surface area contributed by atoms with Gasteiger partial charge in [0.2, 0.25) is 0 Å². The number of hydrogen-bond acceptors (Lipinski definition) is 1. The van der Waals surface area contributed by atoms with Crippen molar-refractivity contribution in [2.75, 3.05) is 0 Å². The Hall–Kier alpha value is -1.02. The molecule has 2 aromatic heterocycles. The molecular formula is C10H11ClN2. The molecule has 2 rings (SSSR count). The van der Waals surface area contributed by atoms with Crippen molar-refractivity contribution in [3.8, 4) is 0 Å². The van der Waals surface area contributed by atoms with Gasteiger partial charge in [-0.1, -0.05) is 25.4 Å². The van der Waals surface area contributed by atoms with Crippen LogP contribution in [0.15, 0.2) is 24.5 Å². The molecule has 0 fully saturated rings. The highest BCUT2D eigenvalue weighted by Crippen LogP contribution is 2.20. The second-order valence-corrected chi connectivity index (χ2v) is 3.79. The van der Waals surface area contributed by atoms with Gasteiger partial charge in [0.15, 0.2) is 5.65 Å². The highest BCUT2D eigenvalue weighted by molar-refractivity contribution is 6.33. The molecule has 0 N–H and O–H groups in total. The lowest BCUT2D eigenvalue weighted by Crippen LogP contribution is -1.93. The van der Waals surface area contributed by atoms with E-state index in [0.717, 1.165) is 5.65 Å². The zero-order valence-electron chi connectivity index (χ0n) is 7.66. The summed E-state index contributed by atoms with van der Waals surface area (Å²) in [4.78, 5) is 4.27. The third-order valence-electron chi connectivity index (χ3n) is 2.11. The van der Waals surface area contributed by atoms with Crippen LogP contribution in [0.4, 0.5) is 0 Å². The van der Waals surface area contributed by atoms with E-state index in [1.807, 2.05) is 28.9 Å². The van der Waals surface area contributed by atoms with Crippen LogP contribution in [0.2, 0.25) is 5.02 Å². The first kappa shape index (κ1) is 8.57. The first-order valence-corrected chi connectivity index (χ1v) is 4.69. The quantitative estimate of drug-likeness (QED) is 0.682. The van der Waals surface area contributed by atoms with Crippen molar-refractivity contribution in [2.45, 2.75) is 19.8 Å². The van der Waals surface area contributed by atoms with E-state index in [2.05, 4.69) is 18.8 Å². The lowest BCUT2D eigenvalue weighted by atomic mass is 10.1. The van der Waals surface area contributed by atoms with Crippen LogP contribution in [0, 0.1) is 0 Å². The topological polar surface area (TPSA) is 17.3 Å². The van der Waals surface area contributed by atoms with Crippen LogP contribution in [0.25, 0.3) is 5.65 Å². The number of pyridine rings is 1. The summed E-state index contributed by atoms with van der Waals surface area (Å²) in [6.07, 6.45) is 3.87. The molecule has 0 saturated carbocycles. The maximum absolute atomic E-state index is 5.99. The molecule has 0 aromatic carbocycles. The number of hydrogen-bond donors (Lipinski definition) is 0. The van der Waals surface area contributed by atoms with Gasteiger partial charge in [-0.15, -0.1) is 0 Å². The summed E-state index contributed by atoms with van der Waals surface area (Å²) in [5.41, 5.74) is 2.03. The standard InChI is InChI=1S/C10H11ClN2/c1-7(2)9-6-12-10-8(11)4-3-5-13(9)10/h3-7H,1-2H3. The molecule has 0 aliphatic rings. The van der Waals surface area contributed by atoms with E-state index in [-0.39, 0.29) is 0 Å². The minimum absolute atomic E-state index is 0.466. The fraction of sp³-hybridized carbons (Fsp3) is 0.300. The average molecular weight is 195 g/mol. The Morgan fingerprint density at radius 1 is 1.46 bits per heavy atom. The summed E-state index contributed by atoms with van der Waals surface area (Å²) in [5.74, 6) is 0.466. The third-order valence-corrected chi connectivity index (χ3v) is 2.40. The zero-order chi connectivity index (χ0) is 9.42. The van der Waals surface area contributed by atoms with Crippen molar-refractivity contribution in [1.29, 1.82) is 0 Å². The van der Waals surface area contributed by atoms with Crippen molar-refractivity contribution < 1.29 is 0 Å². The maximum Gasteiger partial charge on any atom is 0.155 e. The predicted molar refractivity (Wildman–Crippen MR) is 54.3 cm³/mol. The van der Waals surface area contributed by atoms with Gasteiger partial charge in [-0.3, -0.25) is 0 Å². The van der Waals surface area contributed by atoms with Crippen molar-refractivity contribution in [1.82, 2.24) is 9.38 Å². The third kappa shape index (κ3) is 1.31. The lowest BCUT2D eigenvalue weighted by molar-refractivity contribution is 0.809. The van der Waals surface area contributed by atoms with Crippen LogP contribution in [-0.2, 0) is 0 Å². The van der Waals surface area contributed by atoms with Crippen molar-refractivity contribution >= 4 is 17.2 Å². The lowest BCUT2D eigenvalue weighted by Gasteiger charge is -2.04. The molecule has 2 heterocycles. The van der Waals surface area contributed by atoms with Gasteiger partial charge in [-0.25, -0.2) is 4.98 Å². The van der Waals surface area contributed by atoms with Crippen molar-refractivity contribution in [3.63, 3.8) is 0 Å². The van der Waals surface area contributed by atoms with E-state index in [1.165, 1.54) is 5.69 Å². The molecule has 0 aliphatic carbocycles. The maximum atomic E-state index is 5.99. The smallest absolute Gasteiger partial charge is 0.155 e. The molecule has 0 radical (unpaired) electrons. The van der Waals surface area contributed by atoms with Gasteiger partial charge >= 0.3 is 0 Å². The van der Waals surface area contributed by atoms with E-state index in [9.17, 15) is 0 Å². The van der Waals surface area contributed by atoms with Crippen LogP contribution in [0.1, 0.15) is 25.5 Å². The Bertz CT molecular complexity index is 431. The summed E-state index contributed by atoms with van der Waals surface area (Å²) in [7, 11) is 0. The largest absolute Gasteiger partial charge is 0.303 e. The van der Waals surface area contributed by atoms with Crippen LogP contribution in [0.3, 0.4) is 0 Å². The summed E-state index contributed by atoms with van der Waals surface area (Å²) in [6, 6.07) is 3.79. The average Bonchev–Trinajstić information content (AvgIpc) is 2.48. The Kier molecular flexibility index (Phi) is 2.00. The first-order valence-electron chi connectivity index (χ1n) is 4.31. The summed E-state index contributed by atoms with van der Waals surface area (Å²) in [6.45, 7) is 4.29. The Morgan fingerprint density at radius 2 is 2.23 bits per heavy atom. The molecule has 0 amide bonds. The van der Waals surface area contributed by atoms with Crippen LogP contribution in [-0.4, -0.2) is 9.38 Å². The minimum Gasteiger partial charge on any atom is -0.303 e. The molecule has 2 aromatic rings. The van der Waals surface area contributed by atoms with Crippen LogP contribution >= 0.6 is 11.6 Å². The number of imidazole rings is 1. The molecule has 0 spiro atoms. The molecule has 68 valence electrons. The second-order valence-electron chi connectivity index (χ2n) is 3.39. The van der Waals surface area contributed by atoms with E-state index >= 15 is 0 Å². The zero-order valence-corrected chi connectivity index (χ0v) is 8.42. The molecule has 3 heteroatoms. The molecule has 13 heavy (non-hydrogen) atoms. The van der Waals surface area contributed by atoms with E-state index in [4.69, 9.17) is 11.6 Å². The first-order chi connectivity index (χ1) is 6.20. The van der Waals surface area contributed by atoms with Gasteiger partial charge in [0.1, 0.15) is 0 Å². The van der Waals surface area contributed by atoms with Crippen LogP contribution < -0.4 is 0 Å². The predicted octanol–water partition coefficient (Wildman–Crippen LogP) is 3.11. The number of rotatable bonds is 1. The van der Waals surface area contributed by atoms with Gasteiger partial charge in [-0.2, -0.15) is 0 Å². The van der Waals surface area contributed by atoms with E-state index in [1.54, 1.807) is 0 Å². The molecule has 0 atom stereocenters. The number of fused-ring (bicyclic) bond motifs is 1. The highest BCUT2D eigenvalue weighted by atomic mass is 35.5. The van der Waals surface area contributed by atoms with Gasteiger partial charge in [0.25, 0.3) is 0 Å². The molecule has 2 nitrogen and oxygen atoms in total.